The van der Waals surface area contributed by atoms with Gasteiger partial charge < -0.3 is 14.6 Å². The highest BCUT2D eigenvalue weighted by atomic mass is 16.3. The van der Waals surface area contributed by atoms with Crippen LogP contribution in [-0.2, 0) is 13.0 Å². The van der Waals surface area contributed by atoms with Crippen LogP contribution < -0.4 is 10.2 Å². The molecule has 0 unspecified atom stereocenters. The SMILES string of the molecule is CN(CCc1ccccn1)c1ncccc1CNC(=O)c1ccc2occc2c1. The first kappa shape index (κ1) is 18.7. The number of likely N-dealkylation sites (N-methyl/N-ethyl adjacent to an activating group) is 1. The van der Waals surface area contributed by atoms with E-state index >= 15 is 0 Å². The Balaban J connectivity index is 1.41. The lowest BCUT2D eigenvalue weighted by Crippen LogP contribution is -2.27. The van der Waals surface area contributed by atoms with Crippen LogP contribution in [0.2, 0.25) is 0 Å². The van der Waals surface area contributed by atoms with Crippen LogP contribution in [0.3, 0.4) is 0 Å². The summed E-state index contributed by atoms with van der Waals surface area (Å²) in [5.74, 6) is 0.730. The molecule has 6 nitrogen and oxygen atoms in total. The predicted molar refractivity (Wildman–Crippen MR) is 113 cm³/mol. The number of carbonyl (C=O) groups is 1. The van der Waals surface area contributed by atoms with Gasteiger partial charge in [0.2, 0.25) is 0 Å². The highest BCUT2D eigenvalue weighted by molar-refractivity contribution is 5.97. The third-order valence-corrected chi connectivity index (χ3v) is 4.81. The van der Waals surface area contributed by atoms with Gasteiger partial charge in [-0.15, -0.1) is 0 Å². The molecule has 0 aliphatic carbocycles. The molecule has 0 atom stereocenters. The Labute approximate surface area is 169 Å². The fourth-order valence-electron chi connectivity index (χ4n) is 3.23. The number of aromatic nitrogens is 2. The quantitative estimate of drug-likeness (QED) is 0.523. The number of benzene rings is 1. The van der Waals surface area contributed by atoms with E-state index in [0.29, 0.717) is 12.1 Å². The number of nitrogens with zero attached hydrogens (tertiary/aromatic N) is 3. The van der Waals surface area contributed by atoms with Crippen LogP contribution in [0, 0.1) is 0 Å². The first-order valence-corrected chi connectivity index (χ1v) is 9.51. The van der Waals surface area contributed by atoms with Gasteiger partial charge in [-0.25, -0.2) is 4.98 Å². The molecule has 4 rings (SSSR count). The van der Waals surface area contributed by atoms with Crippen LogP contribution in [-0.4, -0.2) is 29.5 Å². The van der Waals surface area contributed by atoms with E-state index in [9.17, 15) is 4.79 Å². The second-order valence-corrected chi connectivity index (χ2v) is 6.83. The van der Waals surface area contributed by atoms with Gasteiger partial charge in [-0.1, -0.05) is 12.1 Å². The Morgan fingerprint density at radius 3 is 2.83 bits per heavy atom. The lowest BCUT2D eigenvalue weighted by atomic mass is 10.1. The maximum atomic E-state index is 12.6. The number of furan rings is 1. The zero-order chi connectivity index (χ0) is 20.1. The van der Waals surface area contributed by atoms with E-state index in [1.807, 2.05) is 55.6 Å². The first-order valence-electron chi connectivity index (χ1n) is 9.51. The highest BCUT2D eigenvalue weighted by Gasteiger charge is 2.12. The van der Waals surface area contributed by atoms with Gasteiger partial charge in [0.1, 0.15) is 11.4 Å². The van der Waals surface area contributed by atoms with Gasteiger partial charge in [0.15, 0.2) is 0 Å². The summed E-state index contributed by atoms with van der Waals surface area (Å²) >= 11 is 0. The monoisotopic (exact) mass is 386 g/mol. The average molecular weight is 386 g/mol. The number of carbonyl (C=O) groups excluding carboxylic acids is 1. The van der Waals surface area contributed by atoms with Gasteiger partial charge in [0.05, 0.1) is 6.26 Å². The Bertz CT molecular complexity index is 1110. The molecule has 146 valence electrons. The van der Waals surface area contributed by atoms with Crippen molar-refractivity contribution in [3.63, 3.8) is 0 Å². The maximum Gasteiger partial charge on any atom is 0.251 e. The summed E-state index contributed by atoms with van der Waals surface area (Å²) < 4.78 is 5.33. The van der Waals surface area contributed by atoms with Crippen LogP contribution in [0.1, 0.15) is 21.6 Å². The molecular formula is C23H22N4O2. The minimum absolute atomic E-state index is 0.126. The number of hydrogen-bond donors (Lipinski definition) is 1. The summed E-state index contributed by atoms with van der Waals surface area (Å²) in [5.41, 5.74) is 3.38. The Kier molecular flexibility index (Phi) is 5.52. The van der Waals surface area contributed by atoms with Crippen molar-refractivity contribution in [2.45, 2.75) is 13.0 Å². The Morgan fingerprint density at radius 1 is 1.07 bits per heavy atom. The molecule has 0 fully saturated rings. The number of rotatable bonds is 7. The van der Waals surface area contributed by atoms with Crippen LogP contribution in [0.15, 0.2) is 77.7 Å². The molecule has 0 saturated heterocycles. The van der Waals surface area contributed by atoms with Crippen molar-refractivity contribution in [1.82, 2.24) is 15.3 Å². The van der Waals surface area contributed by atoms with E-state index in [-0.39, 0.29) is 5.91 Å². The molecule has 0 spiro atoms. The standard InChI is InChI=1S/C23H22N4O2/c1-27(13-9-20-6-2-3-11-24-20)22-19(5-4-12-25-22)16-26-23(28)18-7-8-21-17(15-18)10-14-29-21/h2-8,10-12,14-15H,9,13,16H2,1H3,(H,26,28). The topological polar surface area (TPSA) is 71.3 Å². The Morgan fingerprint density at radius 2 is 1.97 bits per heavy atom. The molecule has 1 N–H and O–H groups in total. The third kappa shape index (κ3) is 4.43. The average Bonchev–Trinajstić information content (AvgIpc) is 3.24. The molecule has 0 saturated carbocycles. The van der Waals surface area contributed by atoms with E-state index in [0.717, 1.165) is 41.0 Å². The third-order valence-electron chi connectivity index (χ3n) is 4.81. The summed E-state index contributed by atoms with van der Waals surface area (Å²) in [6.07, 6.45) is 6.02. The lowest BCUT2D eigenvalue weighted by molar-refractivity contribution is 0.0951. The fraction of sp³-hybridized carbons (Fsp3) is 0.174. The molecular weight excluding hydrogens is 364 g/mol. The fourth-order valence-corrected chi connectivity index (χ4v) is 3.23. The molecule has 29 heavy (non-hydrogen) atoms. The minimum atomic E-state index is -0.126. The smallest absolute Gasteiger partial charge is 0.251 e. The number of pyridine rings is 2. The molecule has 3 aromatic heterocycles. The van der Waals surface area contributed by atoms with Crippen LogP contribution in [0.25, 0.3) is 11.0 Å². The minimum Gasteiger partial charge on any atom is -0.464 e. The van der Waals surface area contributed by atoms with E-state index in [4.69, 9.17) is 4.42 Å². The van der Waals surface area contributed by atoms with Crippen LogP contribution in [0.4, 0.5) is 5.82 Å². The predicted octanol–water partition coefficient (Wildman–Crippen LogP) is 3.83. The van der Waals surface area contributed by atoms with Gasteiger partial charge in [-0.3, -0.25) is 9.78 Å². The second-order valence-electron chi connectivity index (χ2n) is 6.83. The van der Waals surface area contributed by atoms with E-state index in [1.54, 1.807) is 24.7 Å². The molecule has 0 radical (unpaired) electrons. The Hall–Kier alpha value is -3.67. The van der Waals surface area contributed by atoms with Crippen molar-refractivity contribution in [2.75, 3.05) is 18.5 Å². The molecule has 0 bridgehead atoms. The number of fused-ring (bicyclic) bond motifs is 1. The van der Waals surface area contributed by atoms with E-state index in [1.165, 1.54) is 0 Å². The van der Waals surface area contributed by atoms with Crippen molar-refractivity contribution < 1.29 is 9.21 Å². The molecule has 3 heterocycles. The molecule has 4 aromatic rings. The molecule has 1 amide bonds. The van der Waals surface area contributed by atoms with Gasteiger partial charge in [0.25, 0.3) is 5.91 Å². The number of anilines is 1. The molecule has 0 aliphatic heterocycles. The van der Waals surface area contributed by atoms with Crippen molar-refractivity contribution >= 4 is 22.7 Å². The van der Waals surface area contributed by atoms with Gasteiger partial charge in [0, 0.05) is 61.2 Å². The zero-order valence-corrected chi connectivity index (χ0v) is 16.2. The lowest BCUT2D eigenvalue weighted by Gasteiger charge is -2.21. The molecule has 6 heteroatoms. The number of nitrogens with one attached hydrogen (secondary N) is 1. The van der Waals surface area contributed by atoms with Gasteiger partial charge in [-0.05, 0) is 42.5 Å². The van der Waals surface area contributed by atoms with Gasteiger partial charge in [-0.2, -0.15) is 0 Å². The van der Waals surface area contributed by atoms with Crippen molar-refractivity contribution in [1.29, 1.82) is 0 Å². The van der Waals surface area contributed by atoms with Crippen LogP contribution in [0.5, 0.6) is 0 Å². The van der Waals surface area contributed by atoms with Crippen molar-refractivity contribution in [3.05, 3.63) is 90.1 Å². The van der Waals surface area contributed by atoms with E-state index in [2.05, 4.69) is 20.2 Å². The summed E-state index contributed by atoms with van der Waals surface area (Å²) in [6.45, 7) is 1.19. The highest BCUT2D eigenvalue weighted by Crippen LogP contribution is 2.18. The normalized spacial score (nSPS) is 10.8. The van der Waals surface area contributed by atoms with Gasteiger partial charge >= 0.3 is 0 Å². The zero-order valence-electron chi connectivity index (χ0n) is 16.2. The second kappa shape index (κ2) is 8.56. The largest absolute Gasteiger partial charge is 0.464 e. The first-order chi connectivity index (χ1) is 14.2. The summed E-state index contributed by atoms with van der Waals surface area (Å²) in [6, 6.07) is 17.1. The number of amides is 1. The molecule has 0 aliphatic rings. The number of hydrogen-bond acceptors (Lipinski definition) is 5. The summed E-state index contributed by atoms with van der Waals surface area (Å²) in [5, 5.41) is 3.90. The summed E-state index contributed by atoms with van der Waals surface area (Å²) in [4.78, 5) is 23.6. The van der Waals surface area contributed by atoms with Crippen molar-refractivity contribution in [2.24, 2.45) is 0 Å². The summed E-state index contributed by atoms with van der Waals surface area (Å²) in [7, 11) is 2.00. The van der Waals surface area contributed by atoms with E-state index < -0.39 is 0 Å². The molecule has 1 aromatic carbocycles. The van der Waals surface area contributed by atoms with Crippen LogP contribution >= 0.6 is 0 Å². The van der Waals surface area contributed by atoms with Crippen molar-refractivity contribution in [3.8, 4) is 0 Å². The maximum absolute atomic E-state index is 12.6.